The van der Waals surface area contributed by atoms with Gasteiger partial charge in [0.1, 0.15) is 17.2 Å². The van der Waals surface area contributed by atoms with E-state index in [-0.39, 0.29) is 0 Å². The molecule has 1 unspecified atom stereocenters. The van der Waals surface area contributed by atoms with Gasteiger partial charge in [-0.05, 0) is 78.3 Å². The molecule has 0 fully saturated rings. The average molecular weight is 715 g/mol. The van der Waals surface area contributed by atoms with Crippen LogP contribution in [0.4, 0.5) is 22.0 Å². The van der Waals surface area contributed by atoms with Gasteiger partial charge in [-0.1, -0.05) is 97.1 Å². The molecule has 0 saturated heterocycles. The molecule has 1 N–H and O–H groups in total. The fraction of sp³-hybridized carbons (Fsp3) is 0.650. The van der Waals surface area contributed by atoms with Gasteiger partial charge in [-0.2, -0.15) is 0 Å². The van der Waals surface area contributed by atoms with Crippen molar-refractivity contribution in [3.63, 3.8) is 0 Å². The molecule has 0 radical (unpaired) electrons. The third-order valence-electron chi connectivity index (χ3n) is 8.43. The van der Waals surface area contributed by atoms with Crippen LogP contribution in [0.15, 0.2) is 30.3 Å². The number of Topliss-reactive ketones (excluding diaryl/α,β-unsaturated/α-hetero) is 1. The number of benzene rings is 1. The minimum Gasteiger partial charge on any atom is -0.491 e. The van der Waals surface area contributed by atoms with Crippen LogP contribution in [0.2, 0.25) is 5.02 Å². The number of nitrogens with one attached hydrogen (secondary N) is 1. The summed E-state index contributed by atoms with van der Waals surface area (Å²) in [4.78, 5) is 50.6. The maximum atomic E-state index is 14.4. The second-order valence-corrected chi connectivity index (χ2v) is 15.4. The van der Waals surface area contributed by atoms with Crippen molar-refractivity contribution in [3.8, 4) is 5.75 Å². The minimum absolute atomic E-state index is 0.302. The number of amides is 2. The molecule has 0 saturated carbocycles. The molecule has 0 aliphatic carbocycles. The maximum Gasteiger partial charge on any atom is 0.416 e. The fourth-order valence-electron chi connectivity index (χ4n) is 5.63. The summed E-state index contributed by atoms with van der Waals surface area (Å²) in [5.74, 6) is -0.0190. The van der Waals surface area contributed by atoms with Gasteiger partial charge in [-0.3, -0.25) is 14.5 Å². The summed E-state index contributed by atoms with van der Waals surface area (Å²) in [5, 5.41) is 3.27. The second kappa shape index (κ2) is 20.5. The molecule has 2 aromatic rings. The van der Waals surface area contributed by atoms with Gasteiger partial charge in [0.25, 0.3) is 5.91 Å². The van der Waals surface area contributed by atoms with E-state index >= 15 is 0 Å². The Morgan fingerprint density at radius 1 is 0.840 bits per heavy atom. The lowest BCUT2D eigenvalue weighted by molar-refractivity contribution is -0.132. The van der Waals surface area contributed by atoms with Crippen LogP contribution in [0.5, 0.6) is 5.75 Å². The van der Waals surface area contributed by atoms with E-state index in [1.165, 1.54) is 44.9 Å². The Kier molecular flexibility index (Phi) is 17.6. The quantitative estimate of drug-likeness (QED) is 0.108. The van der Waals surface area contributed by atoms with E-state index in [0.29, 0.717) is 34.4 Å². The number of nitrogens with zero attached hydrogens (tertiary/aromatic N) is 3. The predicted molar refractivity (Wildman–Crippen MR) is 207 cm³/mol. The third kappa shape index (κ3) is 13.8. The lowest BCUT2D eigenvalue weighted by Crippen LogP contribution is -2.56. The van der Waals surface area contributed by atoms with Gasteiger partial charge >= 0.3 is 6.09 Å². The van der Waals surface area contributed by atoms with Crippen molar-refractivity contribution in [2.45, 2.75) is 145 Å². The van der Waals surface area contributed by atoms with E-state index in [2.05, 4.69) is 17.1 Å². The third-order valence-corrected chi connectivity index (χ3v) is 8.66. The number of ketones is 1. The first-order chi connectivity index (χ1) is 23.5. The second-order valence-electron chi connectivity index (χ2n) is 15.0. The number of ether oxygens (including phenoxy) is 2. The molecule has 0 bridgehead atoms. The lowest BCUT2D eigenvalue weighted by atomic mass is 9.85. The molecule has 0 spiro atoms. The lowest BCUT2D eigenvalue weighted by Gasteiger charge is -2.35. The fourth-order valence-corrected chi connectivity index (χ4v) is 5.81. The number of unbranched alkanes of at least 4 members (excludes halogenated alkanes) is 9. The first kappa shape index (κ1) is 42.8. The van der Waals surface area contributed by atoms with Gasteiger partial charge in [0.15, 0.2) is 11.8 Å². The highest BCUT2D eigenvalue weighted by Gasteiger charge is 2.44. The monoisotopic (exact) mass is 714 g/mol. The highest BCUT2D eigenvalue weighted by atomic mass is 35.5. The van der Waals surface area contributed by atoms with E-state index in [4.69, 9.17) is 26.1 Å². The number of aryl methyl sites for hydroxylation is 1. The SMILES string of the molecule is CCCCCCCCCCCCOc1ccc(Cl)cc1NC(=O)C(C(=O)C(C)(C)C)N(C(=O)OC(C)(C)C)c1ccc(N(CC)CC)nc1C. The molecule has 2 rings (SSSR count). The molecule has 2 amide bonds. The average Bonchev–Trinajstić information content (AvgIpc) is 3.02. The normalized spacial score (nSPS) is 12.3. The molecule has 1 aromatic carbocycles. The van der Waals surface area contributed by atoms with Gasteiger partial charge in [-0.25, -0.2) is 9.78 Å². The number of aromatic nitrogens is 1. The van der Waals surface area contributed by atoms with Crippen LogP contribution in [0, 0.1) is 12.3 Å². The van der Waals surface area contributed by atoms with Crippen molar-refractivity contribution in [3.05, 3.63) is 41.0 Å². The number of halogens is 1. The summed E-state index contributed by atoms with van der Waals surface area (Å²) in [6.07, 6.45) is 11.3. The zero-order chi connectivity index (χ0) is 37.5. The van der Waals surface area contributed by atoms with Crippen molar-refractivity contribution in [1.29, 1.82) is 0 Å². The molecule has 10 heteroatoms. The molecule has 50 heavy (non-hydrogen) atoms. The van der Waals surface area contributed by atoms with Gasteiger partial charge in [-0.15, -0.1) is 0 Å². The van der Waals surface area contributed by atoms with Crippen LogP contribution in [-0.4, -0.2) is 54.1 Å². The van der Waals surface area contributed by atoms with Crippen LogP contribution >= 0.6 is 11.6 Å². The molecule has 1 heterocycles. The van der Waals surface area contributed by atoms with Crippen molar-refractivity contribution in [1.82, 2.24) is 4.98 Å². The molecule has 9 nitrogen and oxygen atoms in total. The van der Waals surface area contributed by atoms with Gasteiger partial charge in [0.2, 0.25) is 0 Å². The summed E-state index contributed by atoms with van der Waals surface area (Å²) >= 11 is 6.38. The Morgan fingerprint density at radius 2 is 1.42 bits per heavy atom. The number of hydrogen-bond acceptors (Lipinski definition) is 7. The smallest absolute Gasteiger partial charge is 0.416 e. The number of hydrogen-bond donors (Lipinski definition) is 1. The van der Waals surface area contributed by atoms with Crippen LogP contribution in [0.1, 0.15) is 132 Å². The van der Waals surface area contributed by atoms with Crippen molar-refractivity contribution in [2.75, 3.05) is 34.8 Å². The molecular formula is C40H63ClN4O5. The van der Waals surface area contributed by atoms with E-state index in [0.717, 1.165) is 43.1 Å². The molecule has 280 valence electrons. The predicted octanol–water partition coefficient (Wildman–Crippen LogP) is 10.6. The Bertz CT molecular complexity index is 1380. The van der Waals surface area contributed by atoms with Crippen LogP contribution < -0.4 is 19.9 Å². The zero-order valence-corrected chi connectivity index (χ0v) is 33.2. The number of carbonyl (C=O) groups is 3. The zero-order valence-electron chi connectivity index (χ0n) is 32.4. The summed E-state index contributed by atoms with van der Waals surface area (Å²) in [6, 6.07) is 6.92. The molecule has 1 atom stereocenters. The number of anilines is 3. The van der Waals surface area contributed by atoms with Crippen molar-refractivity contribution < 1.29 is 23.9 Å². The largest absolute Gasteiger partial charge is 0.491 e. The number of carbonyl (C=O) groups excluding carboxylic acids is 3. The molecule has 1 aromatic heterocycles. The summed E-state index contributed by atoms with van der Waals surface area (Å²) in [6.45, 7) is 20.4. The number of rotatable bonds is 20. The molecule has 0 aliphatic heterocycles. The van der Waals surface area contributed by atoms with Crippen molar-refractivity contribution in [2.24, 2.45) is 5.41 Å². The van der Waals surface area contributed by atoms with E-state index < -0.39 is 34.8 Å². The van der Waals surface area contributed by atoms with Gasteiger partial charge in [0.05, 0.1) is 23.7 Å². The van der Waals surface area contributed by atoms with Crippen LogP contribution in [-0.2, 0) is 14.3 Å². The highest BCUT2D eigenvalue weighted by Crippen LogP contribution is 2.33. The Balaban J connectivity index is 2.38. The number of pyridine rings is 1. The maximum absolute atomic E-state index is 14.4. The van der Waals surface area contributed by atoms with E-state index in [1.54, 1.807) is 78.8 Å². The topological polar surface area (TPSA) is 101 Å². The van der Waals surface area contributed by atoms with Crippen molar-refractivity contribution >= 4 is 46.6 Å². The Hall–Kier alpha value is -3.33. The van der Waals surface area contributed by atoms with Crippen LogP contribution in [0.3, 0.4) is 0 Å². The first-order valence-corrected chi connectivity index (χ1v) is 18.9. The summed E-state index contributed by atoms with van der Waals surface area (Å²) in [7, 11) is 0. The van der Waals surface area contributed by atoms with Crippen LogP contribution in [0.25, 0.3) is 0 Å². The summed E-state index contributed by atoms with van der Waals surface area (Å²) in [5.41, 5.74) is -0.795. The van der Waals surface area contributed by atoms with Gasteiger partial charge in [0, 0.05) is 23.5 Å². The highest BCUT2D eigenvalue weighted by molar-refractivity contribution is 6.31. The van der Waals surface area contributed by atoms with E-state index in [9.17, 15) is 14.4 Å². The minimum atomic E-state index is -1.58. The first-order valence-electron chi connectivity index (χ1n) is 18.6. The van der Waals surface area contributed by atoms with Gasteiger partial charge < -0.3 is 19.7 Å². The van der Waals surface area contributed by atoms with E-state index in [1.807, 2.05) is 13.8 Å². The molecule has 0 aliphatic rings. The molecular weight excluding hydrogens is 652 g/mol. The summed E-state index contributed by atoms with van der Waals surface area (Å²) < 4.78 is 11.9. The standard InChI is InChI=1S/C40H63ClN4O5/c1-11-14-15-16-17-18-19-20-21-22-27-49-33-25-23-30(41)28-31(33)43-37(47)35(36(46)39(5,6)7)45(38(48)50-40(8,9)10)32-24-26-34(42-29(32)4)44(12-2)13-3/h23-26,28,35H,11-22,27H2,1-10H3,(H,43,47). The Morgan fingerprint density at radius 3 is 1.94 bits per heavy atom. The Labute approximate surface area is 306 Å².